The number of hydrogen-bond acceptors (Lipinski definition) is 3. The van der Waals surface area contributed by atoms with Crippen LogP contribution in [0.4, 0.5) is 14.5 Å². The van der Waals surface area contributed by atoms with E-state index in [1.165, 1.54) is 29.8 Å². The predicted molar refractivity (Wildman–Crippen MR) is 140 cm³/mol. The Morgan fingerprint density at radius 1 is 0.865 bits per heavy atom. The van der Waals surface area contributed by atoms with Gasteiger partial charge in [0.05, 0.1) is 39.7 Å². The van der Waals surface area contributed by atoms with Crippen molar-refractivity contribution >= 4 is 16.6 Å². The zero-order chi connectivity index (χ0) is 26.2. The Kier molecular flexibility index (Phi) is 4.98. The number of aromatic nitrogens is 3. The molecule has 3 heterocycles. The molecular formula is C29H24F2N4O2. The lowest BCUT2D eigenvalue weighted by Gasteiger charge is -2.32. The Hall–Kier alpha value is -4.46. The maximum atomic E-state index is 15.4. The van der Waals surface area contributed by atoms with Crippen LogP contribution in [0.2, 0.25) is 0 Å². The first-order valence-corrected chi connectivity index (χ1v) is 11.9. The van der Waals surface area contributed by atoms with Crippen LogP contribution in [0.3, 0.4) is 0 Å². The van der Waals surface area contributed by atoms with Crippen molar-refractivity contribution in [3.63, 3.8) is 0 Å². The Morgan fingerprint density at radius 3 is 2.32 bits per heavy atom. The summed E-state index contributed by atoms with van der Waals surface area (Å²) in [6.45, 7) is 3.97. The van der Waals surface area contributed by atoms with Gasteiger partial charge in [0.1, 0.15) is 11.6 Å². The minimum Gasteiger partial charge on any atom is -0.371 e. The number of anilines is 1. The molecule has 0 amide bonds. The van der Waals surface area contributed by atoms with Crippen molar-refractivity contribution in [1.82, 2.24) is 13.7 Å². The fourth-order valence-corrected chi connectivity index (χ4v) is 5.37. The topological polar surface area (TPSA) is 61.0 Å². The van der Waals surface area contributed by atoms with E-state index in [0.717, 1.165) is 27.1 Å². The van der Waals surface area contributed by atoms with Crippen molar-refractivity contribution < 1.29 is 8.78 Å². The Balaban J connectivity index is 1.90. The summed E-state index contributed by atoms with van der Waals surface area (Å²) in [6.07, 6.45) is 0. The number of nitrogens with one attached hydrogen (secondary N) is 1. The lowest BCUT2D eigenvalue weighted by molar-refractivity contribution is 0.623. The molecule has 0 aliphatic carbocycles. The number of halogens is 2. The maximum Gasteiger partial charge on any atom is 0.331 e. The molecule has 0 fully saturated rings. The van der Waals surface area contributed by atoms with Crippen LogP contribution in [0.15, 0.2) is 70.3 Å². The van der Waals surface area contributed by atoms with Crippen molar-refractivity contribution in [3.8, 4) is 16.9 Å². The molecule has 0 saturated carbocycles. The number of benzene rings is 3. The fourth-order valence-electron chi connectivity index (χ4n) is 5.37. The predicted octanol–water partition coefficient (Wildman–Crippen LogP) is 5.10. The fraction of sp³-hybridized carbons (Fsp3) is 0.172. The van der Waals surface area contributed by atoms with Crippen molar-refractivity contribution in [1.29, 1.82) is 0 Å². The van der Waals surface area contributed by atoms with Crippen LogP contribution in [-0.4, -0.2) is 13.7 Å². The van der Waals surface area contributed by atoms with Gasteiger partial charge >= 0.3 is 5.69 Å². The molecule has 37 heavy (non-hydrogen) atoms. The third kappa shape index (κ3) is 3.21. The highest BCUT2D eigenvalue weighted by molar-refractivity contribution is 5.99. The van der Waals surface area contributed by atoms with Crippen LogP contribution in [-0.2, 0) is 14.1 Å². The molecule has 5 aromatic rings. The summed E-state index contributed by atoms with van der Waals surface area (Å²) in [5.41, 5.74) is 4.62. The van der Waals surface area contributed by atoms with Crippen molar-refractivity contribution in [3.05, 3.63) is 116 Å². The largest absolute Gasteiger partial charge is 0.371 e. The van der Waals surface area contributed by atoms with Crippen LogP contribution in [0, 0.1) is 25.5 Å². The molecule has 2 aromatic heterocycles. The summed E-state index contributed by atoms with van der Waals surface area (Å²) in [4.78, 5) is 26.8. The quantitative estimate of drug-likeness (QED) is 0.368. The SMILES string of the molecule is Cc1cc2c(cc1C)-n1c(-c3ccccc3F)c3c(=O)n(C)c(=O)n(C)c3c1[C@H](c1cccc(F)c1)N2. The number of rotatable bonds is 2. The molecular weight excluding hydrogens is 474 g/mol. The molecule has 1 atom stereocenters. The van der Waals surface area contributed by atoms with Crippen molar-refractivity contribution in [2.45, 2.75) is 19.9 Å². The summed E-state index contributed by atoms with van der Waals surface area (Å²) < 4.78 is 34.1. The van der Waals surface area contributed by atoms with Gasteiger partial charge in [0.2, 0.25) is 0 Å². The first-order valence-electron chi connectivity index (χ1n) is 11.9. The first-order chi connectivity index (χ1) is 17.7. The normalized spacial score (nSPS) is 14.4. The van der Waals surface area contributed by atoms with E-state index in [1.54, 1.807) is 37.4 Å². The van der Waals surface area contributed by atoms with Gasteiger partial charge in [-0.05, 0) is 66.9 Å². The van der Waals surface area contributed by atoms with Crippen LogP contribution in [0.5, 0.6) is 0 Å². The zero-order valence-electron chi connectivity index (χ0n) is 20.8. The third-order valence-corrected chi connectivity index (χ3v) is 7.35. The molecule has 0 radical (unpaired) electrons. The van der Waals surface area contributed by atoms with E-state index in [0.29, 0.717) is 22.5 Å². The highest BCUT2D eigenvalue weighted by Gasteiger charge is 2.35. The minimum absolute atomic E-state index is 0.221. The summed E-state index contributed by atoms with van der Waals surface area (Å²) in [5, 5.41) is 3.73. The van der Waals surface area contributed by atoms with E-state index in [1.807, 2.05) is 30.5 Å². The molecule has 3 aromatic carbocycles. The number of fused-ring (bicyclic) bond motifs is 5. The van der Waals surface area contributed by atoms with Crippen LogP contribution < -0.4 is 16.6 Å². The molecule has 1 aliphatic rings. The molecule has 0 bridgehead atoms. The minimum atomic E-state index is -0.619. The van der Waals surface area contributed by atoms with E-state index in [-0.39, 0.29) is 10.9 Å². The van der Waals surface area contributed by atoms with Crippen LogP contribution in [0.25, 0.3) is 27.8 Å². The lowest BCUT2D eigenvalue weighted by atomic mass is 9.98. The lowest BCUT2D eigenvalue weighted by Crippen LogP contribution is -2.37. The Labute approximate surface area is 211 Å². The number of nitrogens with zero attached hydrogens (tertiary/aromatic N) is 3. The average Bonchev–Trinajstić information content (AvgIpc) is 3.23. The van der Waals surface area contributed by atoms with E-state index in [4.69, 9.17) is 0 Å². The molecule has 6 nitrogen and oxygen atoms in total. The van der Waals surface area contributed by atoms with Gasteiger partial charge in [-0.3, -0.25) is 13.9 Å². The van der Waals surface area contributed by atoms with E-state index >= 15 is 4.39 Å². The van der Waals surface area contributed by atoms with Gasteiger partial charge in [0.25, 0.3) is 5.56 Å². The van der Waals surface area contributed by atoms with Gasteiger partial charge in [-0.2, -0.15) is 0 Å². The summed E-state index contributed by atoms with van der Waals surface area (Å²) in [5.74, 6) is -0.904. The smallest absolute Gasteiger partial charge is 0.331 e. The summed E-state index contributed by atoms with van der Waals surface area (Å²) >= 11 is 0. The molecule has 0 unspecified atom stereocenters. The van der Waals surface area contributed by atoms with Gasteiger partial charge in [0, 0.05) is 19.7 Å². The van der Waals surface area contributed by atoms with E-state index < -0.39 is 28.9 Å². The van der Waals surface area contributed by atoms with Crippen LogP contribution in [0.1, 0.15) is 28.4 Å². The Morgan fingerprint density at radius 2 is 1.59 bits per heavy atom. The second kappa shape index (κ2) is 8.03. The molecule has 0 saturated heterocycles. The van der Waals surface area contributed by atoms with Crippen molar-refractivity contribution in [2.75, 3.05) is 5.32 Å². The van der Waals surface area contributed by atoms with Gasteiger partial charge in [-0.25, -0.2) is 13.6 Å². The highest BCUT2D eigenvalue weighted by Crippen LogP contribution is 2.46. The van der Waals surface area contributed by atoms with E-state index in [9.17, 15) is 14.0 Å². The highest BCUT2D eigenvalue weighted by atomic mass is 19.1. The summed E-state index contributed by atoms with van der Waals surface area (Å²) in [6, 6.07) is 15.8. The molecule has 1 N–H and O–H groups in total. The zero-order valence-corrected chi connectivity index (χ0v) is 20.8. The number of hydrogen-bond donors (Lipinski definition) is 1. The maximum absolute atomic E-state index is 15.4. The van der Waals surface area contributed by atoms with Gasteiger partial charge in [-0.15, -0.1) is 0 Å². The number of aryl methyl sites for hydroxylation is 3. The molecule has 1 aliphatic heterocycles. The van der Waals surface area contributed by atoms with Gasteiger partial charge in [-0.1, -0.05) is 24.3 Å². The second-order valence-corrected chi connectivity index (χ2v) is 9.56. The Bertz CT molecular complexity index is 1880. The average molecular weight is 499 g/mol. The van der Waals surface area contributed by atoms with Gasteiger partial charge in [0.15, 0.2) is 0 Å². The molecule has 8 heteroatoms. The summed E-state index contributed by atoms with van der Waals surface area (Å²) in [7, 11) is 3.00. The first kappa shape index (κ1) is 23.0. The molecule has 0 spiro atoms. The third-order valence-electron chi connectivity index (χ3n) is 7.35. The second-order valence-electron chi connectivity index (χ2n) is 9.56. The van der Waals surface area contributed by atoms with E-state index in [2.05, 4.69) is 5.32 Å². The molecule has 6 rings (SSSR count). The van der Waals surface area contributed by atoms with Crippen molar-refractivity contribution in [2.24, 2.45) is 14.1 Å². The monoisotopic (exact) mass is 498 g/mol. The molecule has 186 valence electrons. The van der Waals surface area contributed by atoms with Gasteiger partial charge < -0.3 is 9.88 Å². The van der Waals surface area contributed by atoms with Crippen LogP contribution >= 0.6 is 0 Å². The standard InChI is InChI=1S/C29H24F2N4O2/c1-15-12-21-22(13-16(15)2)35-25(19-10-5-6-11-20(19)31)23-26(33(3)29(37)34(4)28(23)36)27(35)24(32-21)17-8-7-9-18(30)14-17/h5-14,24,32H,1-4H3/t24-/m0/s1.